The molecule has 0 fully saturated rings. The van der Waals surface area contributed by atoms with Crippen LogP contribution in [0.25, 0.3) is 0 Å². The van der Waals surface area contributed by atoms with Gasteiger partial charge in [0.2, 0.25) is 0 Å². The van der Waals surface area contributed by atoms with Gasteiger partial charge in [-0.3, -0.25) is 4.79 Å². The second-order valence-corrected chi connectivity index (χ2v) is 9.43. The number of hydrogen-bond acceptors (Lipinski definition) is 12. The predicted octanol–water partition coefficient (Wildman–Crippen LogP) is 5.46. The summed E-state index contributed by atoms with van der Waals surface area (Å²) in [7, 11) is 1.19. The molecular formula is C28H43NO11. The summed E-state index contributed by atoms with van der Waals surface area (Å²) in [6, 6.07) is 4.31. The third-order valence-corrected chi connectivity index (χ3v) is 5.76. The molecular weight excluding hydrogens is 526 g/mol. The molecule has 0 aliphatic heterocycles. The minimum atomic E-state index is -1.63. The second kappa shape index (κ2) is 17.9. The van der Waals surface area contributed by atoms with Crippen molar-refractivity contribution in [3.8, 4) is 11.5 Å². The molecule has 226 valence electrons. The number of carbonyl (C=O) groups excluding carboxylic acids is 4. The van der Waals surface area contributed by atoms with Gasteiger partial charge in [0, 0.05) is 12.8 Å². The SMILES string of the molecule is CCCCOC(=O)Oc1ccc(CC(N)(C[C@H](C)OC(=O)O[C@@H](C)CC)C(=O)OC)cc1OC(=O)OCCCC. The zero-order valence-corrected chi connectivity index (χ0v) is 24.3. The van der Waals surface area contributed by atoms with Gasteiger partial charge in [-0.2, -0.15) is 0 Å². The molecule has 1 aromatic carbocycles. The van der Waals surface area contributed by atoms with Crippen molar-refractivity contribution in [1.29, 1.82) is 0 Å². The van der Waals surface area contributed by atoms with Gasteiger partial charge in [0.05, 0.1) is 20.3 Å². The molecule has 40 heavy (non-hydrogen) atoms. The van der Waals surface area contributed by atoms with Crippen molar-refractivity contribution >= 4 is 24.4 Å². The van der Waals surface area contributed by atoms with Crippen molar-refractivity contribution < 1.29 is 52.3 Å². The van der Waals surface area contributed by atoms with E-state index in [1.807, 2.05) is 20.8 Å². The Labute approximate surface area is 235 Å². The van der Waals surface area contributed by atoms with E-state index in [0.717, 1.165) is 12.8 Å². The van der Waals surface area contributed by atoms with Crippen molar-refractivity contribution in [3.63, 3.8) is 0 Å². The Balaban J connectivity index is 3.16. The van der Waals surface area contributed by atoms with Crippen molar-refractivity contribution in [1.82, 2.24) is 0 Å². The number of ether oxygens (including phenoxy) is 7. The molecule has 0 saturated heterocycles. The fourth-order valence-corrected chi connectivity index (χ4v) is 3.45. The lowest BCUT2D eigenvalue weighted by atomic mass is 9.86. The van der Waals surface area contributed by atoms with Gasteiger partial charge >= 0.3 is 24.4 Å². The highest BCUT2D eigenvalue weighted by Gasteiger charge is 2.38. The molecule has 0 aliphatic rings. The molecule has 0 spiro atoms. The fraction of sp³-hybridized carbons (Fsp3) is 0.643. The van der Waals surface area contributed by atoms with Crippen LogP contribution in [0.4, 0.5) is 14.4 Å². The highest BCUT2D eigenvalue weighted by molar-refractivity contribution is 5.81. The minimum absolute atomic E-state index is 0.0946. The van der Waals surface area contributed by atoms with E-state index >= 15 is 0 Å². The van der Waals surface area contributed by atoms with E-state index in [0.29, 0.717) is 24.8 Å². The summed E-state index contributed by atoms with van der Waals surface area (Å²) in [6.07, 6.45) is -0.640. The summed E-state index contributed by atoms with van der Waals surface area (Å²) in [4.78, 5) is 49.1. The topological polar surface area (TPSA) is 159 Å². The summed E-state index contributed by atoms with van der Waals surface area (Å²) in [5.41, 5.74) is 5.26. The van der Waals surface area contributed by atoms with Crippen molar-refractivity contribution in [2.45, 2.75) is 97.3 Å². The van der Waals surface area contributed by atoms with Gasteiger partial charge in [0.1, 0.15) is 17.7 Å². The Morgan fingerprint density at radius 2 is 1.38 bits per heavy atom. The van der Waals surface area contributed by atoms with Crippen LogP contribution in [0.1, 0.15) is 78.7 Å². The van der Waals surface area contributed by atoms with E-state index in [2.05, 4.69) is 0 Å². The van der Waals surface area contributed by atoms with Crippen LogP contribution >= 0.6 is 0 Å². The molecule has 0 radical (unpaired) electrons. The van der Waals surface area contributed by atoms with Crippen LogP contribution in [-0.2, 0) is 34.9 Å². The average molecular weight is 570 g/mol. The number of carbonyl (C=O) groups is 4. The molecule has 0 amide bonds. The van der Waals surface area contributed by atoms with Crippen LogP contribution in [0.15, 0.2) is 18.2 Å². The zero-order valence-electron chi connectivity index (χ0n) is 24.3. The van der Waals surface area contributed by atoms with E-state index in [1.165, 1.54) is 25.3 Å². The van der Waals surface area contributed by atoms with E-state index in [1.54, 1.807) is 13.8 Å². The van der Waals surface area contributed by atoms with Gasteiger partial charge in [-0.25, -0.2) is 14.4 Å². The summed E-state index contributed by atoms with van der Waals surface area (Å²) in [5, 5.41) is 0. The number of nitrogens with two attached hydrogens (primary N) is 1. The van der Waals surface area contributed by atoms with E-state index < -0.39 is 36.1 Å². The monoisotopic (exact) mass is 569 g/mol. The number of benzene rings is 1. The van der Waals surface area contributed by atoms with Gasteiger partial charge in [-0.1, -0.05) is 39.7 Å². The maximum Gasteiger partial charge on any atom is 0.513 e. The Morgan fingerprint density at radius 3 is 1.90 bits per heavy atom. The van der Waals surface area contributed by atoms with Crippen LogP contribution < -0.4 is 15.2 Å². The van der Waals surface area contributed by atoms with E-state index in [9.17, 15) is 19.2 Å². The third-order valence-electron chi connectivity index (χ3n) is 5.76. The zero-order chi connectivity index (χ0) is 30.1. The molecule has 0 heterocycles. The molecule has 0 saturated carbocycles. The number of esters is 1. The average Bonchev–Trinajstić information content (AvgIpc) is 2.89. The largest absolute Gasteiger partial charge is 0.513 e. The molecule has 0 bridgehead atoms. The lowest BCUT2D eigenvalue weighted by Crippen LogP contribution is -2.53. The number of hydrogen-bond donors (Lipinski definition) is 1. The maximum atomic E-state index is 12.7. The molecule has 0 aliphatic carbocycles. The van der Waals surface area contributed by atoms with Crippen LogP contribution in [0.5, 0.6) is 11.5 Å². The lowest BCUT2D eigenvalue weighted by molar-refractivity contribution is -0.148. The quantitative estimate of drug-likeness (QED) is 0.116. The number of unbranched alkanes of at least 4 members (excludes halogenated alkanes) is 2. The van der Waals surface area contributed by atoms with Crippen molar-refractivity contribution in [3.05, 3.63) is 23.8 Å². The third kappa shape index (κ3) is 12.5. The first-order valence-electron chi connectivity index (χ1n) is 13.5. The van der Waals surface area contributed by atoms with Crippen LogP contribution in [0, 0.1) is 0 Å². The Hall–Kier alpha value is -3.54. The summed E-state index contributed by atoms with van der Waals surface area (Å²) >= 11 is 0. The standard InChI is InChI=1S/C28H43NO11/c1-7-10-14-35-25(31)39-22-13-12-21(16-23(22)40-26(32)36-15-11-8-2)18-28(29,24(30)34-6)17-20(5)38-27(33)37-19(4)9-3/h12-13,16,19-20H,7-11,14-15,17-18,29H2,1-6H3/t19-,20-,28?/m0/s1. The second-order valence-electron chi connectivity index (χ2n) is 9.43. The predicted molar refractivity (Wildman–Crippen MR) is 144 cm³/mol. The van der Waals surface area contributed by atoms with E-state index in [-0.39, 0.29) is 43.7 Å². The molecule has 12 heteroatoms. The molecule has 1 unspecified atom stereocenters. The summed E-state index contributed by atoms with van der Waals surface area (Å²) in [5.74, 6) is -0.984. The Bertz CT molecular complexity index is 968. The van der Waals surface area contributed by atoms with Crippen LogP contribution in [0.2, 0.25) is 0 Å². The summed E-state index contributed by atoms with van der Waals surface area (Å²) < 4.78 is 35.9. The van der Waals surface area contributed by atoms with Gasteiger partial charge in [-0.15, -0.1) is 0 Å². The summed E-state index contributed by atoms with van der Waals surface area (Å²) in [6.45, 7) is 9.36. The Morgan fingerprint density at radius 1 is 0.825 bits per heavy atom. The van der Waals surface area contributed by atoms with Gasteiger partial charge in [-0.05, 0) is 50.8 Å². The van der Waals surface area contributed by atoms with Crippen LogP contribution in [0.3, 0.4) is 0 Å². The highest BCUT2D eigenvalue weighted by Crippen LogP contribution is 2.31. The molecule has 12 nitrogen and oxygen atoms in total. The maximum absolute atomic E-state index is 12.7. The molecule has 1 aromatic rings. The van der Waals surface area contributed by atoms with Gasteiger partial charge in [0.15, 0.2) is 11.5 Å². The van der Waals surface area contributed by atoms with Gasteiger partial charge in [0.25, 0.3) is 0 Å². The first-order chi connectivity index (χ1) is 19.0. The normalized spacial score (nSPS) is 13.7. The van der Waals surface area contributed by atoms with Gasteiger partial charge < -0.3 is 38.9 Å². The van der Waals surface area contributed by atoms with Crippen LogP contribution in [-0.4, -0.2) is 62.5 Å². The Kier molecular flexibility index (Phi) is 15.5. The molecule has 2 N–H and O–H groups in total. The molecule has 1 rings (SSSR count). The lowest BCUT2D eigenvalue weighted by Gasteiger charge is -2.29. The smallest absolute Gasteiger partial charge is 0.468 e. The highest BCUT2D eigenvalue weighted by atomic mass is 16.7. The first kappa shape index (κ1) is 34.5. The number of methoxy groups -OCH3 is 1. The molecule has 3 atom stereocenters. The number of rotatable bonds is 16. The minimum Gasteiger partial charge on any atom is -0.468 e. The first-order valence-corrected chi connectivity index (χ1v) is 13.5. The van der Waals surface area contributed by atoms with Crippen molar-refractivity contribution in [2.24, 2.45) is 5.73 Å². The molecule has 0 aromatic heterocycles. The van der Waals surface area contributed by atoms with Crippen molar-refractivity contribution in [2.75, 3.05) is 20.3 Å². The van der Waals surface area contributed by atoms with E-state index in [4.69, 9.17) is 38.9 Å². The fourth-order valence-electron chi connectivity index (χ4n) is 3.45.